The Hall–Kier alpha value is -3.16. The first-order valence-corrected chi connectivity index (χ1v) is 6.09. The molecular formula is C13H12N6O2. The summed E-state index contributed by atoms with van der Waals surface area (Å²) in [6.07, 6.45) is 1.58. The molecule has 0 atom stereocenters. The Labute approximate surface area is 119 Å². The molecule has 1 aromatic carbocycles. The quantitative estimate of drug-likeness (QED) is 0.662. The number of anilines is 2. The van der Waals surface area contributed by atoms with Gasteiger partial charge in [-0.3, -0.25) is 9.89 Å². The normalized spacial score (nSPS) is 10.5. The number of nitrogens with one attached hydrogen (secondary N) is 2. The topological polar surface area (TPSA) is 119 Å². The monoisotopic (exact) mass is 284 g/mol. The third kappa shape index (κ3) is 2.46. The lowest BCUT2D eigenvalue weighted by atomic mass is 10.2. The van der Waals surface area contributed by atoms with E-state index in [0.717, 1.165) is 5.52 Å². The van der Waals surface area contributed by atoms with Crippen LogP contribution in [0.25, 0.3) is 10.9 Å². The summed E-state index contributed by atoms with van der Waals surface area (Å²) in [6.45, 7) is 0. The van der Waals surface area contributed by atoms with Crippen LogP contribution in [0.15, 0.2) is 30.5 Å². The molecule has 0 spiro atoms. The van der Waals surface area contributed by atoms with Gasteiger partial charge in [0.05, 0.1) is 12.6 Å². The number of nitrogens with two attached hydrogens (primary N) is 1. The highest BCUT2D eigenvalue weighted by molar-refractivity contribution is 6.04. The Morgan fingerprint density at radius 2 is 2.24 bits per heavy atom. The number of H-pyrrole nitrogens is 1. The lowest BCUT2D eigenvalue weighted by Gasteiger charge is -2.06. The smallest absolute Gasteiger partial charge is 0.269 e. The highest BCUT2D eigenvalue weighted by atomic mass is 16.5. The molecule has 4 N–H and O–H groups in total. The van der Waals surface area contributed by atoms with Crippen molar-refractivity contribution in [3.63, 3.8) is 0 Å². The van der Waals surface area contributed by atoms with Gasteiger partial charge in [-0.25, -0.2) is 4.98 Å². The van der Waals surface area contributed by atoms with Gasteiger partial charge in [-0.1, -0.05) is 0 Å². The molecule has 1 amide bonds. The SMILES string of the molecule is COc1ccnc(Nc2ccc3[nH]nc(C(N)=O)c3c2)n1. The third-order valence-electron chi connectivity index (χ3n) is 2.89. The fraction of sp³-hybridized carbons (Fsp3) is 0.0769. The van der Waals surface area contributed by atoms with Crippen molar-refractivity contribution in [2.24, 2.45) is 5.73 Å². The summed E-state index contributed by atoms with van der Waals surface area (Å²) in [4.78, 5) is 19.6. The average molecular weight is 284 g/mol. The molecule has 0 aliphatic heterocycles. The minimum atomic E-state index is -0.587. The second-order valence-corrected chi connectivity index (χ2v) is 4.24. The van der Waals surface area contributed by atoms with Crippen LogP contribution in [-0.2, 0) is 0 Å². The molecule has 8 nitrogen and oxygen atoms in total. The highest BCUT2D eigenvalue weighted by Crippen LogP contribution is 2.22. The van der Waals surface area contributed by atoms with E-state index in [4.69, 9.17) is 10.5 Å². The zero-order chi connectivity index (χ0) is 14.8. The maximum Gasteiger partial charge on any atom is 0.269 e. The molecule has 2 aromatic heterocycles. The van der Waals surface area contributed by atoms with Crippen LogP contribution in [0, 0.1) is 0 Å². The summed E-state index contributed by atoms with van der Waals surface area (Å²) in [6, 6.07) is 7.00. The Kier molecular flexibility index (Phi) is 3.11. The summed E-state index contributed by atoms with van der Waals surface area (Å²) in [5.41, 5.74) is 6.91. The van der Waals surface area contributed by atoms with E-state index in [1.165, 1.54) is 7.11 Å². The molecule has 8 heteroatoms. The van der Waals surface area contributed by atoms with Crippen molar-refractivity contribution in [1.29, 1.82) is 0 Å². The summed E-state index contributed by atoms with van der Waals surface area (Å²) < 4.78 is 5.03. The molecule has 0 saturated carbocycles. The number of primary amides is 1. The van der Waals surface area contributed by atoms with Gasteiger partial charge in [-0.2, -0.15) is 10.1 Å². The van der Waals surface area contributed by atoms with Gasteiger partial charge in [0, 0.05) is 23.3 Å². The minimum Gasteiger partial charge on any atom is -0.481 e. The first-order valence-electron chi connectivity index (χ1n) is 6.09. The van der Waals surface area contributed by atoms with Crippen LogP contribution in [0.5, 0.6) is 5.88 Å². The molecule has 0 aliphatic rings. The van der Waals surface area contributed by atoms with Gasteiger partial charge in [0.2, 0.25) is 11.8 Å². The Morgan fingerprint density at radius 3 is 3.00 bits per heavy atom. The molecule has 0 bridgehead atoms. The van der Waals surface area contributed by atoms with E-state index in [2.05, 4.69) is 25.5 Å². The van der Waals surface area contributed by atoms with E-state index in [0.29, 0.717) is 22.9 Å². The van der Waals surface area contributed by atoms with E-state index in [1.807, 2.05) is 6.07 Å². The van der Waals surface area contributed by atoms with Crippen molar-refractivity contribution in [1.82, 2.24) is 20.2 Å². The number of aromatic nitrogens is 4. The largest absolute Gasteiger partial charge is 0.481 e. The van der Waals surface area contributed by atoms with Crippen molar-refractivity contribution in [3.8, 4) is 5.88 Å². The van der Waals surface area contributed by atoms with Crippen LogP contribution < -0.4 is 15.8 Å². The number of aromatic amines is 1. The number of carbonyl (C=O) groups excluding carboxylic acids is 1. The van der Waals surface area contributed by atoms with E-state index in [1.54, 1.807) is 24.4 Å². The maximum absolute atomic E-state index is 11.3. The molecule has 0 saturated heterocycles. The van der Waals surface area contributed by atoms with Crippen LogP contribution in [0.1, 0.15) is 10.5 Å². The highest BCUT2D eigenvalue weighted by Gasteiger charge is 2.11. The fourth-order valence-corrected chi connectivity index (χ4v) is 1.92. The van der Waals surface area contributed by atoms with Crippen molar-refractivity contribution in [2.75, 3.05) is 12.4 Å². The van der Waals surface area contributed by atoms with E-state index >= 15 is 0 Å². The van der Waals surface area contributed by atoms with Gasteiger partial charge in [-0.15, -0.1) is 0 Å². The van der Waals surface area contributed by atoms with Gasteiger partial charge in [-0.05, 0) is 18.2 Å². The lowest BCUT2D eigenvalue weighted by molar-refractivity contribution is 0.0997. The summed E-state index contributed by atoms with van der Waals surface area (Å²) in [7, 11) is 1.53. The average Bonchev–Trinajstić information content (AvgIpc) is 2.91. The molecule has 0 aliphatic carbocycles. The standard InChI is InChI=1S/C13H12N6O2/c1-21-10-4-5-15-13(17-10)16-7-2-3-9-8(6-7)11(12(14)20)19-18-9/h2-6H,1H3,(H2,14,20)(H,18,19)(H,15,16,17). The molecule has 2 heterocycles. The van der Waals surface area contributed by atoms with Crippen molar-refractivity contribution < 1.29 is 9.53 Å². The van der Waals surface area contributed by atoms with Gasteiger partial charge in [0.1, 0.15) is 0 Å². The van der Waals surface area contributed by atoms with Crippen molar-refractivity contribution >= 4 is 28.4 Å². The predicted molar refractivity (Wildman–Crippen MR) is 76.5 cm³/mol. The number of hydrogen-bond donors (Lipinski definition) is 3. The predicted octanol–water partition coefficient (Wildman–Crippen LogP) is 1.20. The number of fused-ring (bicyclic) bond motifs is 1. The van der Waals surface area contributed by atoms with E-state index < -0.39 is 5.91 Å². The number of carbonyl (C=O) groups is 1. The van der Waals surface area contributed by atoms with E-state index in [-0.39, 0.29) is 5.69 Å². The number of nitrogens with zero attached hydrogens (tertiary/aromatic N) is 3. The molecule has 0 fully saturated rings. The summed E-state index contributed by atoms with van der Waals surface area (Å²) in [5, 5.41) is 10.3. The Morgan fingerprint density at radius 1 is 1.38 bits per heavy atom. The number of rotatable bonds is 4. The first kappa shape index (κ1) is 12.9. The van der Waals surface area contributed by atoms with Crippen molar-refractivity contribution in [3.05, 3.63) is 36.2 Å². The van der Waals surface area contributed by atoms with Crippen LogP contribution >= 0.6 is 0 Å². The number of benzene rings is 1. The Balaban J connectivity index is 1.96. The lowest BCUT2D eigenvalue weighted by Crippen LogP contribution is -2.11. The van der Waals surface area contributed by atoms with Crippen LogP contribution in [-0.4, -0.2) is 33.2 Å². The van der Waals surface area contributed by atoms with Crippen molar-refractivity contribution in [2.45, 2.75) is 0 Å². The van der Waals surface area contributed by atoms with Crippen LogP contribution in [0.2, 0.25) is 0 Å². The van der Waals surface area contributed by atoms with Gasteiger partial charge in [0.15, 0.2) is 5.69 Å². The molecule has 3 aromatic rings. The number of amides is 1. The number of hydrogen-bond acceptors (Lipinski definition) is 6. The molecule has 106 valence electrons. The minimum absolute atomic E-state index is 0.195. The third-order valence-corrected chi connectivity index (χ3v) is 2.89. The molecule has 3 rings (SSSR count). The van der Waals surface area contributed by atoms with Crippen LogP contribution in [0.4, 0.5) is 11.6 Å². The fourth-order valence-electron chi connectivity index (χ4n) is 1.92. The number of methoxy groups -OCH3 is 1. The second-order valence-electron chi connectivity index (χ2n) is 4.24. The van der Waals surface area contributed by atoms with Gasteiger partial charge >= 0.3 is 0 Å². The molecular weight excluding hydrogens is 272 g/mol. The van der Waals surface area contributed by atoms with Crippen LogP contribution in [0.3, 0.4) is 0 Å². The molecule has 0 unspecified atom stereocenters. The van der Waals surface area contributed by atoms with Gasteiger partial charge in [0.25, 0.3) is 5.91 Å². The molecule has 0 radical (unpaired) electrons. The summed E-state index contributed by atoms with van der Waals surface area (Å²) in [5.74, 6) is 0.253. The number of ether oxygens (including phenoxy) is 1. The second kappa shape index (κ2) is 5.08. The zero-order valence-corrected chi connectivity index (χ0v) is 11.1. The first-order chi connectivity index (χ1) is 10.2. The maximum atomic E-state index is 11.3. The molecule has 21 heavy (non-hydrogen) atoms. The summed E-state index contributed by atoms with van der Waals surface area (Å²) >= 11 is 0. The van der Waals surface area contributed by atoms with E-state index in [9.17, 15) is 4.79 Å². The van der Waals surface area contributed by atoms with Gasteiger partial charge < -0.3 is 15.8 Å². The zero-order valence-electron chi connectivity index (χ0n) is 11.1. The Bertz CT molecular complexity index is 813.